The third-order valence-corrected chi connectivity index (χ3v) is 6.06. The summed E-state index contributed by atoms with van der Waals surface area (Å²) in [4.78, 5) is 31.6. The number of methoxy groups -OCH3 is 1. The van der Waals surface area contributed by atoms with Crippen LogP contribution in [0.15, 0.2) is 42.6 Å². The van der Waals surface area contributed by atoms with Crippen LogP contribution in [-0.2, 0) is 11.3 Å². The third kappa shape index (κ3) is 5.51. The van der Waals surface area contributed by atoms with Crippen molar-refractivity contribution in [2.45, 2.75) is 46.8 Å². The van der Waals surface area contributed by atoms with Gasteiger partial charge in [-0.05, 0) is 46.8 Å². The number of carboxylic acids is 1. The number of aryl methyl sites for hydroxylation is 1. The summed E-state index contributed by atoms with van der Waals surface area (Å²) in [6.07, 6.45) is 1.11. The van der Waals surface area contributed by atoms with Crippen LogP contribution in [0.1, 0.15) is 48.0 Å². The van der Waals surface area contributed by atoms with Gasteiger partial charge in [0.05, 0.1) is 30.6 Å². The van der Waals surface area contributed by atoms with E-state index in [4.69, 9.17) is 18.9 Å². The van der Waals surface area contributed by atoms with Crippen LogP contribution in [0.3, 0.4) is 0 Å². The molecule has 1 aliphatic rings. The minimum Gasteiger partial charge on any atom is -0.496 e. The number of amides is 1. The molecule has 1 aliphatic heterocycles. The Morgan fingerprint density at radius 3 is 2.47 bits per heavy atom. The number of rotatable bonds is 6. The first-order chi connectivity index (χ1) is 18.0. The van der Waals surface area contributed by atoms with Crippen LogP contribution in [0.5, 0.6) is 17.2 Å². The van der Waals surface area contributed by atoms with Crippen LogP contribution in [0, 0.1) is 13.8 Å². The number of nitrogens with zero attached hydrogens (tertiary/aromatic N) is 2. The number of hydrogen-bond acceptors (Lipinski definition) is 7. The van der Waals surface area contributed by atoms with E-state index in [9.17, 15) is 14.7 Å². The maximum atomic E-state index is 13.6. The third-order valence-electron chi connectivity index (χ3n) is 6.06. The molecule has 1 aromatic heterocycles. The van der Waals surface area contributed by atoms with Gasteiger partial charge >= 0.3 is 12.1 Å². The molecule has 2 heterocycles. The van der Waals surface area contributed by atoms with Gasteiger partial charge in [-0.1, -0.05) is 18.2 Å². The predicted molar refractivity (Wildman–Crippen MR) is 143 cm³/mol. The number of anilines is 1. The summed E-state index contributed by atoms with van der Waals surface area (Å²) in [5.74, 6) is 0.442. The average Bonchev–Trinajstić information content (AvgIpc) is 2.87. The van der Waals surface area contributed by atoms with Crippen molar-refractivity contribution < 1.29 is 33.6 Å². The number of carbonyl (C=O) groups excluding carboxylic acids is 1. The van der Waals surface area contributed by atoms with Crippen molar-refractivity contribution in [1.29, 1.82) is 0 Å². The smallest absolute Gasteiger partial charge is 0.415 e. The highest BCUT2D eigenvalue weighted by Gasteiger charge is 2.29. The molecule has 0 atom stereocenters. The Morgan fingerprint density at radius 1 is 1.08 bits per heavy atom. The SMILES string of the molecule is COc1c(C)cnc(CN(C(=O)OC(C)(C)C)c2cc3c(c(-c4ccccc4C(=O)O)c2)OCCO3)c1C. The lowest BCUT2D eigenvalue weighted by atomic mass is 9.97. The van der Waals surface area contributed by atoms with Gasteiger partial charge < -0.3 is 24.1 Å². The van der Waals surface area contributed by atoms with Gasteiger partial charge in [0.15, 0.2) is 11.5 Å². The van der Waals surface area contributed by atoms with Crippen molar-refractivity contribution in [1.82, 2.24) is 4.98 Å². The highest BCUT2D eigenvalue weighted by molar-refractivity contribution is 5.99. The van der Waals surface area contributed by atoms with Gasteiger partial charge in [-0.15, -0.1) is 0 Å². The van der Waals surface area contributed by atoms with Gasteiger partial charge in [0.1, 0.15) is 24.6 Å². The molecule has 9 nitrogen and oxygen atoms in total. The topological polar surface area (TPSA) is 107 Å². The minimum absolute atomic E-state index is 0.0804. The summed E-state index contributed by atoms with van der Waals surface area (Å²) < 4.78 is 23.1. The number of carbonyl (C=O) groups is 2. The van der Waals surface area contributed by atoms with Gasteiger partial charge in [-0.25, -0.2) is 9.59 Å². The fourth-order valence-corrected chi connectivity index (χ4v) is 4.36. The number of aromatic carboxylic acids is 1. The van der Waals surface area contributed by atoms with Crippen molar-refractivity contribution in [2.24, 2.45) is 0 Å². The maximum absolute atomic E-state index is 13.6. The van der Waals surface area contributed by atoms with Crippen LogP contribution >= 0.6 is 0 Å². The molecule has 0 saturated heterocycles. The molecule has 3 aromatic rings. The second-order valence-electron chi connectivity index (χ2n) is 9.98. The van der Waals surface area contributed by atoms with E-state index < -0.39 is 17.7 Å². The average molecular weight is 521 g/mol. The standard InChI is InChI=1S/C29H32N2O7/c1-17-15-30-23(18(2)25(17)35-6)16-31(28(34)38-29(3,4)5)19-13-22(26-24(14-19)36-11-12-37-26)20-9-7-8-10-21(20)27(32)33/h7-10,13-15H,11-12,16H2,1-6H3,(H,32,33). The van der Waals surface area contributed by atoms with Crippen molar-refractivity contribution in [3.05, 3.63) is 65.0 Å². The molecule has 2 aromatic carbocycles. The van der Waals surface area contributed by atoms with E-state index in [0.29, 0.717) is 53.0 Å². The molecule has 200 valence electrons. The second kappa shape index (κ2) is 10.6. The van der Waals surface area contributed by atoms with Crippen LogP contribution in [0.4, 0.5) is 10.5 Å². The molecule has 4 rings (SSSR count). The molecule has 1 N–H and O–H groups in total. The van der Waals surface area contributed by atoms with Gasteiger partial charge in [0.2, 0.25) is 0 Å². The van der Waals surface area contributed by atoms with Crippen LogP contribution in [0.25, 0.3) is 11.1 Å². The normalized spacial score (nSPS) is 12.6. The summed E-state index contributed by atoms with van der Waals surface area (Å²) in [5.41, 5.74) is 3.04. The first-order valence-corrected chi connectivity index (χ1v) is 12.3. The molecule has 0 fully saturated rings. The fraction of sp³-hybridized carbons (Fsp3) is 0.345. The number of benzene rings is 2. The molecular weight excluding hydrogens is 488 g/mol. The Bertz CT molecular complexity index is 1380. The van der Waals surface area contributed by atoms with E-state index in [1.165, 1.54) is 11.0 Å². The Balaban J connectivity index is 1.90. The first-order valence-electron chi connectivity index (χ1n) is 12.3. The van der Waals surface area contributed by atoms with Crippen molar-refractivity contribution in [3.63, 3.8) is 0 Å². The molecule has 0 radical (unpaired) electrons. The summed E-state index contributed by atoms with van der Waals surface area (Å²) in [5, 5.41) is 9.85. The van der Waals surface area contributed by atoms with E-state index in [0.717, 1.165) is 11.1 Å². The zero-order valence-corrected chi connectivity index (χ0v) is 22.5. The number of ether oxygens (including phenoxy) is 4. The lowest BCUT2D eigenvalue weighted by molar-refractivity contribution is 0.0576. The zero-order chi connectivity index (χ0) is 27.6. The summed E-state index contributed by atoms with van der Waals surface area (Å²) >= 11 is 0. The Morgan fingerprint density at radius 2 is 1.79 bits per heavy atom. The molecule has 0 unspecified atom stereocenters. The van der Waals surface area contributed by atoms with Crippen LogP contribution in [-0.4, -0.2) is 48.1 Å². The van der Waals surface area contributed by atoms with E-state index >= 15 is 0 Å². The van der Waals surface area contributed by atoms with E-state index in [1.54, 1.807) is 64.4 Å². The Kier molecular flexibility index (Phi) is 7.48. The van der Waals surface area contributed by atoms with E-state index in [1.807, 2.05) is 13.8 Å². The zero-order valence-electron chi connectivity index (χ0n) is 22.5. The highest BCUT2D eigenvalue weighted by atomic mass is 16.6. The Labute approximate surface area is 221 Å². The van der Waals surface area contributed by atoms with Gasteiger partial charge in [0, 0.05) is 34.5 Å². The van der Waals surface area contributed by atoms with E-state index in [-0.39, 0.29) is 12.1 Å². The highest BCUT2D eigenvalue weighted by Crippen LogP contribution is 2.45. The predicted octanol–water partition coefficient (Wildman–Crippen LogP) is 5.79. The lowest BCUT2D eigenvalue weighted by Gasteiger charge is -2.30. The fourth-order valence-electron chi connectivity index (χ4n) is 4.36. The number of pyridine rings is 1. The number of aromatic nitrogens is 1. The van der Waals surface area contributed by atoms with Crippen LogP contribution < -0.4 is 19.1 Å². The van der Waals surface area contributed by atoms with Crippen LogP contribution in [0.2, 0.25) is 0 Å². The van der Waals surface area contributed by atoms with Crippen molar-refractivity contribution >= 4 is 17.7 Å². The second-order valence-corrected chi connectivity index (χ2v) is 9.98. The molecule has 0 bridgehead atoms. The number of fused-ring (bicyclic) bond motifs is 1. The van der Waals surface area contributed by atoms with Gasteiger partial charge in [0.25, 0.3) is 0 Å². The number of carboxylic acid groups (broad SMARTS) is 1. The quantitative estimate of drug-likeness (QED) is 0.436. The summed E-state index contributed by atoms with van der Waals surface area (Å²) in [6, 6.07) is 10.1. The molecule has 38 heavy (non-hydrogen) atoms. The summed E-state index contributed by atoms with van der Waals surface area (Å²) in [6.45, 7) is 9.88. The Hall–Kier alpha value is -4.27. The summed E-state index contributed by atoms with van der Waals surface area (Å²) in [7, 11) is 1.59. The minimum atomic E-state index is -1.08. The molecule has 0 spiro atoms. The molecular formula is C29H32N2O7. The molecule has 1 amide bonds. The van der Waals surface area contributed by atoms with Crippen molar-refractivity contribution in [3.8, 4) is 28.4 Å². The monoisotopic (exact) mass is 520 g/mol. The molecule has 0 saturated carbocycles. The lowest BCUT2D eigenvalue weighted by Crippen LogP contribution is -2.37. The maximum Gasteiger partial charge on any atom is 0.415 e. The first kappa shape index (κ1) is 26.8. The van der Waals surface area contributed by atoms with E-state index in [2.05, 4.69) is 4.98 Å². The number of hydrogen-bond donors (Lipinski definition) is 1. The molecule has 9 heteroatoms. The largest absolute Gasteiger partial charge is 0.496 e. The van der Waals surface area contributed by atoms with Gasteiger partial charge in [-0.3, -0.25) is 9.88 Å². The van der Waals surface area contributed by atoms with Gasteiger partial charge in [-0.2, -0.15) is 0 Å². The van der Waals surface area contributed by atoms with Crippen molar-refractivity contribution in [2.75, 3.05) is 25.2 Å². The molecule has 0 aliphatic carbocycles.